The van der Waals surface area contributed by atoms with Crippen LogP contribution in [0.2, 0.25) is 0 Å². The highest BCUT2D eigenvalue weighted by Crippen LogP contribution is 2.76. The first-order valence-electron chi connectivity index (χ1n) is 33.0. The normalized spacial score (nSPS) is 52.1. The first kappa shape index (κ1) is 71.5. The number of unbranched alkanes of at least 4 members (excludes halogenated alkanes) is 1. The molecule has 0 spiro atoms. The van der Waals surface area contributed by atoms with Gasteiger partial charge in [0, 0.05) is 0 Å². The third-order valence-electron chi connectivity index (χ3n) is 24.2. The molecule has 0 aromatic carbocycles. The molecule has 0 aromatic heterocycles. The van der Waals surface area contributed by atoms with Gasteiger partial charge in [-0.05, 0) is 129 Å². The minimum atomic E-state index is -1.94. The molecule has 0 aromatic rings. The molecule has 91 heavy (non-hydrogen) atoms. The smallest absolute Gasteiger partial charge is 0.338 e. The Labute approximate surface area is 531 Å². The van der Waals surface area contributed by atoms with E-state index >= 15 is 4.79 Å². The number of carbonyl (C=O) groups excluding carboxylic acids is 2. The highest BCUT2D eigenvalue weighted by atomic mass is 16.8. The van der Waals surface area contributed by atoms with Crippen molar-refractivity contribution in [2.75, 3.05) is 19.8 Å². The van der Waals surface area contributed by atoms with Gasteiger partial charge < -0.3 is 124 Å². The van der Waals surface area contributed by atoms with E-state index in [1.54, 1.807) is 0 Å². The third kappa shape index (κ3) is 12.4. The Morgan fingerprint density at radius 3 is 1.73 bits per heavy atom. The topological polar surface area (TPSA) is 419 Å². The highest BCUT2D eigenvalue weighted by molar-refractivity contribution is 5.79. The van der Waals surface area contributed by atoms with Gasteiger partial charge in [0.25, 0.3) is 0 Å². The van der Waals surface area contributed by atoms with E-state index in [4.69, 9.17) is 52.1 Å². The number of allylic oxidation sites excluding steroid dienone is 2. The Morgan fingerprint density at radius 2 is 1.08 bits per heavy atom. The van der Waals surface area contributed by atoms with E-state index in [1.807, 2.05) is 6.92 Å². The summed E-state index contributed by atoms with van der Waals surface area (Å²) in [6, 6.07) is 0. The maximum Gasteiger partial charge on any atom is 0.338 e. The van der Waals surface area contributed by atoms with Gasteiger partial charge in [0.1, 0.15) is 104 Å². The molecule has 5 saturated heterocycles. The van der Waals surface area contributed by atoms with E-state index in [0.29, 0.717) is 64.2 Å². The Balaban J connectivity index is 0.888. The van der Waals surface area contributed by atoms with Crippen LogP contribution in [0.5, 0.6) is 0 Å². The van der Waals surface area contributed by atoms with Crippen LogP contribution in [0.1, 0.15) is 146 Å². The molecule has 9 fully saturated rings. The van der Waals surface area contributed by atoms with Crippen molar-refractivity contribution in [3.63, 3.8) is 0 Å². The second kappa shape index (κ2) is 26.9. The van der Waals surface area contributed by atoms with E-state index in [0.717, 1.165) is 12.8 Å². The van der Waals surface area contributed by atoms with Crippen molar-refractivity contribution in [3.8, 4) is 0 Å². The zero-order valence-electron chi connectivity index (χ0n) is 54.0. The van der Waals surface area contributed by atoms with E-state index in [-0.39, 0.29) is 40.6 Å². The fourth-order valence-electron chi connectivity index (χ4n) is 18.2. The Kier molecular flexibility index (Phi) is 21.1. The summed E-state index contributed by atoms with van der Waals surface area (Å²) in [6.45, 7) is 19.0. The summed E-state index contributed by atoms with van der Waals surface area (Å²) < 4.78 is 66.6. The van der Waals surface area contributed by atoms with Gasteiger partial charge in [0.2, 0.25) is 6.29 Å². The average Bonchev–Trinajstić information content (AvgIpc) is 0.677. The van der Waals surface area contributed by atoms with Gasteiger partial charge in [-0.3, -0.25) is 4.79 Å². The van der Waals surface area contributed by atoms with Gasteiger partial charge in [0.05, 0.1) is 43.5 Å². The van der Waals surface area contributed by atoms with Gasteiger partial charge in [-0.2, -0.15) is 0 Å². The summed E-state index contributed by atoms with van der Waals surface area (Å²) in [5.74, 6) is -1.66. The zero-order chi connectivity index (χ0) is 66.6. The number of esters is 2. The van der Waals surface area contributed by atoms with Crippen LogP contribution in [-0.2, 0) is 61.7 Å². The number of aliphatic hydroxyl groups is 14. The molecular weight excluding hydrogens is 1200 g/mol. The molecule has 14 N–H and O–H groups in total. The van der Waals surface area contributed by atoms with Crippen LogP contribution < -0.4 is 0 Å². The summed E-state index contributed by atoms with van der Waals surface area (Å²) in [5.41, 5.74) is -1.65. The number of ether oxygens (including phenoxy) is 11. The molecule has 27 nitrogen and oxygen atoms in total. The van der Waals surface area contributed by atoms with Gasteiger partial charge in [-0.25, -0.2) is 4.79 Å². The van der Waals surface area contributed by atoms with Gasteiger partial charge in [-0.15, -0.1) is 0 Å². The molecule has 10 aliphatic rings. The molecule has 5 aliphatic heterocycles. The Morgan fingerprint density at radius 1 is 0.538 bits per heavy atom. The fourth-order valence-corrected chi connectivity index (χ4v) is 18.2. The lowest BCUT2D eigenvalue weighted by molar-refractivity contribution is -0.394. The molecule has 4 saturated carbocycles. The molecule has 10 rings (SSSR count). The molecule has 27 heteroatoms. The van der Waals surface area contributed by atoms with Crippen LogP contribution in [0.3, 0.4) is 0 Å². The second-order valence-electron chi connectivity index (χ2n) is 30.3. The van der Waals surface area contributed by atoms with Gasteiger partial charge >= 0.3 is 11.9 Å². The van der Waals surface area contributed by atoms with E-state index < -0.39 is 201 Å². The molecule has 33 atom stereocenters. The number of hydrogen-bond donors (Lipinski definition) is 14. The molecular formula is C64H104O27. The van der Waals surface area contributed by atoms with Crippen molar-refractivity contribution in [3.05, 3.63) is 11.6 Å². The van der Waals surface area contributed by atoms with Crippen LogP contribution in [0, 0.1) is 50.2 Å². The standard InChI is InChI=1S/C64H104O27/c1-11-12-23-81-52(79)49-42(73)43(74)51(90-56-50(41(72)37(68)28(3)83-56)89-54-46(77)40(71)38(69)31(25-65)84-54)57(88-49)86-35-16-17-61(8)33(60(35,6)7)15-18-63(10)34(61)14-13-29-30-24-59(4,5)19-21-64(30,22-20-62(29,63)9)58(80)91-55-47(78)44(75)48(32(26-66)85-55)87-53-45(76)39(70)36(67)27(2)82-53/h13,27-28,30-51,53-57,65-78H,11-12,14-26H2,1-10H3/t27-,28-,30-,31+,32+,33-,34+,35-,36-,37-,38+,39+,40-,41+,42-,43-,44+,45+,46+,47+,48+,49-,50+,51+,53-,54-,55-,56-,57+,61-,62+,63+,64-/m0/s1. The molecule has 0 radical (unpaired) electrons. The SMILES string of the molecule is CCCCOC(=O)[C@H]1O[C@@H](O[C@H]2CC[C@]3(C)[C@H]4CC=C5[C@@H]6CC(C)(C)CC[C@]6(C(=O)O[C@@H]6O[C@H](CO)[C@@H](O[C@@H]7O[C@@H](C)[C@H](O)[C@@H](O)[C@H]7O)[C@H](O)[C@H]6O)CC[C@@]5(C)[C@]4(C)CC[C@H]3C2(C)C)[C@H](O[C@@H]2O[C@@H](C)[C@H](O)[C@@H](O)[C@H]2O[C@@H]2O[C@H](CO)[C@@H](O)[C@H](O)[C@H]2O)[C@@H](O)[C@@H]1O. The van der Waals surface area contributed by atoms with Gasteiger partial charge in [-0.1, -0.05) is 73.5 Å². The molecule has 5 aliphatic carbocycles. The Bertz CT molecular complexity index is 2560. The van der Waals surface area contributed by atoms with E-state index in [9.17, 15) is 76.3 Å². The predicted octanol–water partition coefficient (Wildman–Crippen LogP) is -0.805. The maximum absolute atomic E-state index is 15.2. The van der Waals surface area contributed by atoms with Crippen LogP contribution >= 0.6 is 0 Å². The fraction of sp³-hybridized carbons (Fsp3) is 0.938. The lowest BCUT2D eigenvalue weighted by atomic mass is 9.33. The molecule has 0 bridgehead atoms. The summed E-state index contributed by atoms with van der Waals surface area (Å²) in [4.78, 5) is 28.9. The number of hydrogen-bond acceptors (Lipinski definition) is 27. The predicted molar refractivity (Wildman–Crippen MR) is 311 cm³/mol. The molecule has 5 heterocycles. The summed E-state index contributed by atoms with van der Waals surface area (Å²) in [6.07, 6.45) is -32.3. The second-order valence-corrected chi connectivity index (χ2v) is 30.3. The van der Waals surface area contributed by atoms with Crippen molar-refractivity contribution in [2.45, 2.75) is 306 Å². The molecule has 0 amide bonds. The number of carbonyl (C=O) groups is 2. The maximum atomic E-state index is 15.2. The largest absolute Gasteiger partial charge is 0.464 e. The quantitative estimate of drug-likeness (QED) is 0.0389. The van der Waals surface area contributed by atoms with Crippen LogP contribution in [0.15, 0.2) is 11.6 Å². The van der Waals surface area contributed by atoms with Crippen molar-refractivity contribution in [1.82, 2.24) is 0 Å². The lowest BCUT2D eigenvalue weighted by Gasteiger charge is -2.71. The summed E-state index contributed by atoms with van der Waals surface area (Å²) in [5, 5.41) is 153. The van der Waals surface area contributed by atoms with Crippen molar-refractivity contribution in [1.29, 1.82) is 0 Å². The lowest BCUT2D eigenvalue weighted by Crippen LogP contribution is -2.68. The number of rotatable bonds is 16. The minimum Gasteiger partial charge on any atom is -0.464 e. The van der Waals surface area contributed by atoms with Crippen LogP contribution in [0.4, 0.5) is 0 Å². The van der Waals surface area contributed by atoms with Crippen molar-refractivity contribution in [2.24, 2.45) is 50.2 Å². The molecule has 0 unspecified atom stereocenters. The first-order valence-corrected chi connectivity index (χ1v) is 33.0. The molecule has 522 valence electrons. The van der Waals surface area contributed by atoms with Gasteiger partial charge in [0.15, 0.2) is 31.3 Å². The Hall–Kier alpha value is -2.24. The first-order chi connectivity index (χ1) is 42.7. The number of fused-ring (bicyclic) bond motifs is 7. The number of aliphatic hydroxyl groups excluding tert-OH is 14. The highest BCUT2D eigenvalue weighted by Gasteiger charge is 2.71. The zero-order valence-corrected chi connectivity index (χ0v) is 54.0. The van der Waals surface area contributed by atoms with E-state index in [2.05, 4.69) is 54.5 Å². The summed E-state index contributed by atoms with van der Waals surface area (Å²) in [7, 11) is 0. The van der Waals surface area contributed by atoms with Crippen molar-refractivity contribution < 1.29 is 133 Å². The average molecular weight is 1310 g/mol. The minimum absolute atomic E-state index is 0.0102. The third-order valence-corrected chi connectivity index (χ3v) is 24.2. The van der Waals surface area contributed by atoms with Crippen molar-refractivity contribution >= 4 is 11.9 Å². The monoisotopic (exact) mass is 1300 g/mol. The van der Waals surface area contributed by atoms with Crippen LogP contribution in [-0.4, -0.2) is 263 Å². The van der Waals surface area contributed by atoms with E-state index in [1.165, 1.54) is 19.4 Å². The van der Waals surface area contributed by atoms with Crippen LogP contribution in [0.25, 0.3) is 0 Å². The summed E-state index contributed by atoms with van der Waals surface area (Å²) >= 11 is 0.